The Bertz CT molecular complexity index is 2060. The Morgan fingerprint density at radius 3 is 2.33 bits per heavy atom. The third kappa shape index (κ3) is 8.87. The van der Waals surface area contributed by atoms with Gasteiger partial charge in [0.15, 0.2) is 11.5 Å². The van der Waals surface area contributed by atoms with Gasteiger partial charge in [0.1, 0.15) is 12.4 Å². The van der Waals surface area contributed by atoms with E-state index in [1.165, 1.54) is 6.07 Å². The highest BCUT2D eigenvalue weighted by Gasteiger charge is 2.29. The Labute approximate surface area is 305 Å². The van der Waals surface area contributed by atoms with Gasteiger partial charge in [-0.2, -0.15) is 19.0 Å². The highest BCUT2D eigenvalue weighted by Crippen LogP contribution is 2.43. The largest absolute Gasteiger partial charge is 0.485 e. The third-order valence-electron chi connectivity index (χ3n) is 8.22. The van der Waals surface area contributed by atoms with Gasteiger partial charge >= 0.3 is 5.97 Å². The first-order chi connectivity index (χ1) is 25.3. The number of ether oxygens (including phenoxy) is 4. The lowest BCUT2D eigenvalue weighted by Gasteiger charge is -2.22. The normalized spacial score (nSPS) is 14.1. The number of carbonyl (C=O) groups is 1. The van der Waals surface area contributed by atoms with Crippen molar-refractivity contribution < 1.29 is 32.5 Å². The molecule has 5 aromatic rings. The van der Waals surface area contributed by atoms with Crippen LogP contribution < -0.4 is 19.5 Å². The first-order valence-electron chi connectivity index (χ1n) is 16.7. The molecule has 1 saturated heterocycles. The number of nitrogens with one attached hydrogen (secondary N) is 1. The van der Waals surface area contributed by atoms with E-state index in [0.29, 0.717) is 23.7 Å². The Morgan fingerprint density at radius 1 is 0.923 bits per heavy atom. The summed E-state index contributed by atoms with van der Waals surface area (Å²) in [4.78, 5) is 18.3. The van der Waals surface area contributed by atoms with Crippen molar-refractivity contribution in [3.63, 3.8) is 0 Å². The number of halogens is 2. The van der Waals surface area contributed by atoms with Crippen molar-refractivity contribution in [2.45, 2.75) is 42.3 Å². The van der Waals surface area contributed by atoms with E-state index in [1.54, 1.807) is 55.5 Å². The summed E-state index contributed by atoms with van der Waals surface area (Å²) in [5.41, 5.74) is 2.73. The van der Waals surface area contributed by atoms with Crippen LogP contribution in [0.5, 0.6) is 29.0 Å². The van der Waals surface area contributed by atoms with Crippen LogP contribution >= 0.6 is 11.8 Å². The first kappa shape index (κ1) is 36.3. The second kappa shape index (κ2) is 17.2. The summed E-state index contributed by atoms with van der Waals surface area (Å²) in [6.07, 6.45) is 0.482. The van der Waals surface area contributed by atoms with Gasteiger partial charge in [-0.25, -0.2) is 0 Å². The van der Waals surface area contributed by atoms with Crippen molar-refractivity contribution >= 4 is 17.7 Å². The summed E-state index contributed by atoms with van der Waals surface area (Å²) >= 11 is 0.835. The molecule has 1 aliphatic heterocycles. The number of hydrogen-bond donors (Lipinski definition) is 1. The number of likely N-dealkylation sites (N-methyl/N-ethyl adjacent to an activating group) is 1. The average molecular weight is 723 g/mol. The second-order valence-electron chi connectivity index (χ2n) is 11.9. The van der Waals surface area contributed by atoms with Gasteiger partial charge in [-0.3, -0.25) is 15.0 Å². The number of esters is 1. The van der Waals surface area contributed by atoms with Crippen LogP contribution in [0.15, 0.2) is 107 Å². The van der Waals surface area contributed by atoms with Crippen molar-refractivity contribution in [2.24, 2.45) is 0 Å². The van der Waals surface area contributed by atoms with Gasteiger partial charge in [0.25, 0.3) is 11.8 Å². The van der Waals surface area contributed by atoms with Gasteiger partial charge in [0, 0.05) is 36.0 Å². The van der Waals surface area contributed by atoms with Crippen molar-refractivity contribution in [3.05, 3.63) is 131 Å². The standard InChI is InChI=1S/C40H36F2N4O5S/c1-3-48-34(47)20-16-26-13-17-29(18-14-26)52-37-35(41)39(50-31-12-8-7-11-30(31)38-44-21-22-46(38)2)45-40(36(37)42)51-33-23-28(24-43)15-19-32(33)49-25-27-9-5-4-6-10-27/h4-15,17-19,23,38,44H,3,16,20-22,25H2,1-2H3. The molecule has 0 radical (unpaired) electrons. The second-order valence-corrected chi connectivity index (χ2v) is 12.9. The number of aromatic nitrogens is 1. The Balaban J connectivity index is 1.36. The lowest BCUT2D eigenvalue weighted by molar-refractivity contribution is -0.143. The van der Waals surface area contributed by atoms with Crippen molar-refractivity contribution in [1.29, 1.82) is 5.26 Å². The molecule has 1 aromatic heterocycles. The van der Waals surface area contributed by atoms with Crippen LogP contribution in [0.3, 0.4) is 0 Å². The Hall–Kier alpha value is -5.48. The van der Waals surface area contributed by atoms with E-state index in [4.69, 9.17) is 18.9 Å². The van der Waals surface area contributed by atoms with Crippen LogP contribution in [0, 0.1) is 23.0 Å². The predicted molar refractivity (Wildman–Crippen MR) is 192 cm³/mol. The van der Waals surface area contributed by atoms with Gasteiger partial charge in [-0.1, -0.05) is 72.4 Å². The lowest BCUT2D eigenvalue weighted by atomic mass is 10.1. The lowest BCUT2D eigenvalue weighted by Crippen LogP contribution is -2.24. The van der Waals surface area contributed by atoms with Crippen molar-refractivity contribution in [2.75, 3.05) is 26.7 Å². The Morgan fingerprint density at radius 2 is 1.63 bits per heavy atom. The molecule has 1 atom stereocenters. The molecule has 1 unspecified atom stereocenters. The maximum atomic E-state index is 16.4. The van der Waals surface area contributed by atoms with Crippen LogP contribution in [0.25, 0.3) is 0 Å². The molecule has 9 nitrogen and oxygen atoms in total. The number of rotatable bonds is 14. The SMILES string of the molecule is CCOC(=O)CCc1ccc(Sc2c(F)c(Oc3cc(C#N)ccc3OCc3ccccc3)nc(Oc3ccccc3C3NCCN3C)c2F)cc1. The fraction of sp³-hybridized carbons (Fsp3) is 0.225. The van der Waals surface area contributed by atoms with E-state index in [2.05, 4.69) is 21.3 Å². The van der Waals surface area contributed by atoms with E-state index in [-0.39, 0.29) is 42.2 Å². The summed E-state index contributed by atoms with van der Waals surface area (Å²) < 4.78 is 56.1. The fourth-order valence-electron chi connectivity index (χ4n) is 5.56. The van der Waals surface area contributed by atoms with Crippen LogP contribution in [-0.2, 0) is 22.6 Å². The van der Waals surface area contributed by atoms with Crippen molar-refractivity contribution in [1.82, 2.24) is 15.2 Å². The van der Waals surface area contributed by atoms with Gasteiger partial charge < -0.3 is 18.9 Å². The molecule has 0 spiro atoms. The highest BCUT2D eigenvalue weighted by atomic mass is 32.2. The zero-order chi connectivity index (χ0) is 36.5. The maximum Gasteiger partial charge on any atom is 0.306 e. The summed E-state index contributed by atoms with van der Waals surface area (Å²) in [6, 6.07) is 30.2. The highest BCUT2D eigenvalue weighted by molar-refractivity contribution is 7.99. The summed E-state index contributed by atoms with van der Waals surface area (Å²) in [7, 11) is 1.97. The molecule has 0 amide bonds. The number of nitrogens with zero attached hydrogens (tertiary/aromatic N) is 3. The molecule has 0 aliphatic carbocycles. The molecule has 0 bridgehead atoms. The van der Waals surface area contributed by atoms with Crippen LogP contribution in [0.2, 0.25) is 0 Å². The van der Waals surface area contributed by atoms with Crippen LogP contribution in [0.1, 0.15) is 41.8 Å². The van der Waals surface area contributed by atoms with Gasteiger partial charge in [0.05, 0.1) is 29.3 Å². The Kier molecular flexibility index (Phi) is 12.0. The minimum Gasteiger partial charge on any atom is -0.485 e. The summed E-state index contributed by atoms with van der Waals surface area (Å²) in [5, 5.41) is 13.0. The maximum absolute atomic E-state index is 16.4. The minimum atomic E-state index is -1.07. The number of hydrogen-bond acceptors (Lipinski definition) is 10. The number of benzene rings is 4. The molecule has 1 N–H and O–H groups in total. The fourth-order valence-corrected chi connectivity index (χ4v) is 6.42. The zero-order valence-electron chi connectivity index (χ0n) is 28.6. The first-order valence-corrected chi connectivity index (χ1v) is 17.5. The number of aryl methyl sites for hydroxylation is 1. The molecule has 52 heavy (non-hydrogen) atoms. The van der Waals surface area contributed by atoms with Crippen molar-refractivity contribution in [3.8, 4) is 35.1 Å². The molecular weight excluding hydrogens is 687 g/mol. The molecule has 266 valence electrons. The van der Waals surface area contributed by atoms with E-state index < -0.39 is 28.3 Å². The summed E-state index contributed by atoms with van der Waals surface area (Å²) in [5.74, 6) is -2.88. The molecule has 0 saturated carbocycles. The van der Waals surface area contributed by atoms with Gasteiger partial charge in [0.2, 0.25) is 11.6 Å². The van der Waals surface area contributed by atoms with E-state index in [1.807, 2.05) is 49.5 Å². The average Bonchev–Trinajstić information content (AvgIpc) is 3.60. The molecular formula is C40H36F2N4O5S. The van der Waals surface area contributed by atoms with E-state index >= 15 is 8.78 Å². The third-order valence-corrected chi connectivity index (χ3v) is 9.29. The van der Waals surface area contributed by atoms with Gasteiger partial charge in [-0.15, -0.1) is 0 Å². The number of para-hydroxylation sites is 1. The molecule has 1 aliphatic rings. The smallest absolute Gasteiger partial charge is 0.306 e. The van der Waals surface area contributed by atoms with E-state index in [0.717, 1.165) is 41.5 Å². The zero-order valence-corrected chi connectivity index (χ0v) is 29.4. The molecule has 1 fully saturated rings. The quantitative estimate of drug-likeness (QED) is 0.112. The number of nitriles is 1. The van der Waals surface area contributed by atoms with Crippen LogP contribution in [-0.4, -0.2) is 42.6 Å². The monoisotopic (exact) mass is 722 g/mol. The van der Waals surface area contributed by atoms with E-state index in [9.17, 15) is 10.1 Å². The summed E-state index contributed by atoms with van der Waals surface area (Å²) in [6.45, 7) is 3.80. The topological polar surface area (TPSA) is 106 Å². The molecule has 12 heteroatoms. The number of pyridine rings is 1. The predicted octanol–water partition coefficient (Wildman–Crippen LogP) is 8.58. The minimum absolute atomic E-state index is 0.0121. The molecule has 4 aromatic carbocycles. The van der Waals surface area contributed by atoms with Crippen LogP contribution in [0.4, 0.5) is 8.78 Å². The molecule has 2 heterocycles. The number of carbonyl (C=O) groups excluding carboxylic acids is 1. The van der Waals surface area contributed by atoms with Gasteiger partial charge in [-0.05, 0) is 61.9 Å². The molecule has 6 rings (SSSR count).